The van der Waals surface area contributed by atoms with Gasteiger partial charge in [0.05, 0.1) is 5.69 Å². The van der Waals surface area contributed by atoms with E-state index in [2.05, 4.69) is 35.3 Å². The van der Waals surface area contributed by atoms with Crippen LogP contribution in [-0.2, 0) is 6.54 Å². The Morgan fingerprint density at radius 3 is 3.04 bits per heavy atom. The molecule has 1 atom stereocenters. The van der Waals surface area contributed by atoms with Crippen molar-refractivity contribution in [1.29, 1.82) is 0 Å². The molecule has 0 amide bonds. The summed E-state index contributed by atoms with van der Waals surface area (Å²) >= 11 is 1.70. The minimum Gasteiger partial charge on any atom is -0.454 e. The maximum atomic E-state index is 5.46. The summed E-state index contributed by atoms with van der Waals surface area (Å²) in [5, 5.41) is 3.23. The molecule has 0 saturated carbocycles. The molecule has 0 bridgehead atoms. The molecule has 4 rings (SSSR count). The molecular weight excluding hydrogens is 322 g/mol. The average Bonchev–Trinajstić information content (AvgIpc) is 3.23. The van der Waals surface area contributed by atoms with Crippen LogP contribution in [0.1, 0.15) is 18.5 Å². The van der Waals surface area contributed by atoms with E-state index in [1.807, 2.05) is 12.1 Å². The molecule has 0 spiro atoms. The highest BCUT2D eigenvalue weighted by molar-refractivity contribution is 7.13. The second kappa shape index (κ2) is 6.70. The van der Waals surface area contributed by atoms with Crippen LogP contribution in [0.15, 0.2) is 23.6 Å². The Hall–Kier alpha value is -1.63. The van der Waals surface area contributed by atoms with Crippen molar-refractivity contribution in [2.75, 3.05) is 34.0 Å². The standard InChI is InChI=1S/C18H23N3O2S/c1-20(2)15-4-3-7-21(10-15)9-14-11-24-18(19-14)13-5-6-16-17(8-13)23-12-22-16/h5-6,8,11,15H,3-4,7,9-10,12H2,1-2H3. The van der Waals surface area contributed by atoms with Gasteiger partial charge in [-0.3, -0.25) is 4.90 Å². The van der Waals surface area contributed by atoms with Crippen molar-refractivity contribution >= 4 is 11.3 Å². The van der Waals surface area contributed by atoms with E-state index in [1.54, 1.807) is 11.3 Å². The van der Waals surface area contributed by atoms with Crippen LogP contribution < -0.4 is 9.47 Å². The zero-order valence-electron chi connectivity index (χ0n) is 14.2. The van der Waals surface area contributed by atoms with Gasteiger partial charge in [-0.15, -0.1) is 11.3 Å². The van der Waals surface area contributed by atoms with Gasteiger partial charge in [-0.1, -0.05) is 0 Å². The number of nitrogens with zero attached hydrogens (tertiary/aromatic N) is 3. The van der Waals surface area contributed by atoms with E-state index in [4.69, 9.17) is 14.5 Å². The van der Waals surface area contributed by atoms with Crippen LogP contribution in [0.3, 0.4) is 0 Å². The molecular formula is C18H23N3O2S. The molecule has 24 heavy (non-hydrogen) atoms. The van der Waals surface area contributed by atoms with Crippen LogP contribution in [0.2, 0.25) is 0 Å². The largest absolute Gasteiger partial charge is 0.454 e. The van der Waals surface area contributed by atoms with Gasteiger partial charge < -0.3 is 14.4 Å². The van der Waals surface area contributed by atoms with Gasteiger partial charge in [0.1, 0.15) is 5.01 Å². The van der Waals surface area contributed by atoms with E-state index >= 15 is 0 Å². The molecule has 0 radical (unpaired) electrons. The molecule has 3 heterocycles. The maximum absolute atomic E-state index is 5.46. The van der Waals surface area contributed by atoms with Gasteiger partial charge in [-0.2, -0.15) is 0 Å². The van der Waals surface area contributed by atoms with Crippen LogP contribution in [0.4, 0.5) is 0 Å². The number of ether oxygens (including phenoxy) is 2. The first-order valence-corrected chi connectivity index (χ1v) is 9.30. The molecule has 1 saturated heterocycles. The maximum Gasteiger partial charge on any atom is 0.231 e. The highest BCUT2D eigenvalue weighted by atomic mass is 32.1. The zero-order valence-corrected chi connectivity index (χ0v) is 15.0. The first-order valence-electron chi connectivity index (χ1n) is 8.42. The minimum absolute atomic E-state index is 0.309. The van der Waals surface area contributed by atoms with Gasteiger partial charge in [0.25, 0.3) is 0 Å². The van der Waals surface area contributed by atoms with Gasteiger partial charge in [-0.25, -0.2) is 4.98 Å². The molecule has 6 heteroatoms. The summed E-state index contributed by atoms with van der Waals surface area (Å²) < 4.78 is 10.8. The summed E-state index contributed by atoms with van der Waals surface area (Å²) in [7, 11) is 4.35. The molecule has 1 unspecified atom stereocenters. The smallest absolute Gasteiger partial charge is 0.231 e. The molecule has 0 aliphatic carbocycles. The van der Waals surface area contributed by atoms with Crippen LogP contribution >= 0.6 is 11.3 Å². The molecule has 0 N–H and O–H groups in total. The fourth-order valence-corrected chi connectivity index (χ4v) is 4.18. The lowest BCUT2D eigenvalue weighted by Crippen LogP contribution is -2.44. The summed E-state index contributed by atoms with van der Waals surface area (Å²) in [4.78, 5) is 9.70. The highest BCUT2D eigenvalue weighted by Crippen LogP contribution is 2.36. The van der Waals surface area contributed by atoms with Crippen molar-refractivity contribution in [2.45, 2.75) is 25.4 Å². The first kappa shape index (κ1) is 15.9. The van der Waals surface area contributed by atoms with Gasteiger partial charge in [0.2, 0.25) is 6.79 Å². The number of likely N-dealkylation sites (tertiary alicyclic amines) is 1. The second-order valence-electron chi connectivity index (χ2n) is 6.71. The molecule has 5 nitrogen and oxygen atoms in total. The third-order valence-electron chi connectivity index (χ3n) is 4.77. The lowest BCUT2D eigenvalue weighted by atomic mass is 10.0. The number of hydrogen-bond acceptors (Lipinski definition) is 6. The minimum atomic E-state index is 0.309. The van der Waals surface area contributed by atoms with Crippen molar-refractivity contribution < 1.29 is 9.47 Å². The Morgan fingerprint density at radius 1 is 1.29 bits per heavy atom. The number of benzene rings is 1. The number of piperidine rings is 1. The summed E-state index contributed by atoms with van der Waals surface area (Å²) in [6, 6.07) is 6.70. The Bertz CT molecular complexity index is 716. The predicted molar refractivity (Wildman–Crippen MR) is 95.7 cm³/mol. The summed E-state index contributed by atoms with van der Waals surface area (Å²) in [5.41, 5.74) is 2.26. The zero-order chi connectivity index (χ0) is 16.5. The van der Waals surface area contributed by atoms with Crippen LogP contribution in [0.25, 0.3) is 10.6 Å². The van der Waals surface area contributed by atoms with Crippen molar-refractivity contribution in [3.63, 3.8) is 0 Å². The lowest BCUT2D eigenvalue weighted by molar-refractivity contribution is 0.127. The van der Waals surface area contributed by atoms with Crippen molar-refractivity contribution in [2.24, 2.45) is 0 Å². The number of hydrogen-bond donors (Lipinski definition) is 0. The average molecular weight is 345 g/mol. The molecule has 2 aromatic rings. The molecule has 2 aliphatic heterocycles. The molecule has 1 aromatic carbocycles. The Labute approximate surface area is 146 Å². The number of rotatable bonds is 4. The van der Waals surface area contributed by atoms with Crippen LogP contribution in [0.5, 0.6) is 11.5 Å². The SMILES string of the molecule is CN(C)C1CCCN(Cc2csc(-c3ccc4c(c3)OCO4)n2)C1. The summed E-state index contributed by atoms with van der Waals surface area (Å²) in [6.45, 7) is 3.54. The molecule has 128 valence electrons. The fourth-order valence-electron chi connectivity index (χ4n) is 3.37. The van der Waals surface area contributed by atoms with Crippen molar-refractivity contribution in [1.82, 2.24) is 14.8 Å². The summed E-state index contributed by atoms with van der Waals surface area (Å²) in [6.07, 6.45) is 2.56. The number of thiazole rings is 1. The Morgan fingerprint density at radius 2 is 2.17 bits per heavy atom. The van der Waals surface area contributed by atoms with Crippen LogP contribution in [0, 0.1) is 0 Å². The number of fused-ring (bicyclic) bond motifs is 1. The normalized spacial score (nSPS) is 20.7. The second-order valence-corrected chi connectivity index (χ2v) is 7.56. The van der Waals surface area contributed by atoms with E-state index in [0.29, 0.717) is 12.8 Å². The molecule has 2 aliphatic rings. The van der Waals surface area contributed by atoms with Gasteiger partial charge >= 0.3 is 0 Å². The third-order valence-corrected chi connectivity index (χ3v) is 5.71. The number of likely N-dealkylation sites (N-methyl/N-ethyl adjacent to an activating group) is 1. The lowest BCUT2D eigenvalue weighted by Gasteiger charge is -2.35. The highest BCUT2D eigenvalue weighted by Gasteiger charge is 2.22. The predicted octanol–water partition coefficient (Wildman–Crippen LogP) is 3.06. The van der Waals surface area contributed by atoms with Gasteiger partial charge in [0.15, 0.2) is 11.5 Å². The van der Waals surface area contributed by atoms with Gasteiger partial charge in [0, 0.05) is 30.1 Å². The van der Waals surface area contributed by atoms with Crippen molar-refractivity contribution in [3.05, 3.63) is 29.3 Å². The Balaban J connectivity index is 1.45. The summed E-state index contributed by atoms with van der Waals surface area (Å²) in [5.74, 6) is 1.63. The fraction of sp³-hybridized carbons (Fsp3) is 0.500. The quantitative estimate of drug-likeness (QED) is 0.851. The third kappa shape index (κ3) is 3.27. The van der Waals surface area contributed by atoms with Gasteiger partial charge in [-0.05, 0) is 51.7 Å². The van der Waals surface area contributed by atoms with Crippen molar-refractivity contribution in [3.8, 4) is 22.1 Å². The first-order chi connectivity index (χ1) is 11.7. The Kier molecular flexibility index (Phi) is 4.43. The number of aromatic nitrogens is 1. The molecule has 1 fully saturated rings. The molecule has 1 aromatic heterocycles. The topological polar surface area (TPSA) is 37.8 Å². The van der Waals surface area contributed by atoms with E-state index in [1.165, 1.54) is 19.4 Å². The monoisotopic (exact) mass is 345 g/mol. The van der Waals surface area contributed by atoms with E-state index in [0.717, 1.165) is 40.9 Å². The van der Waals surface area contributed by atoms with E-state index in [9.17, 15) is 0 Å². The van der Waals surface area contributed by atoms with Crippen LogP contribution in [-0.4, -0.2) is 54.8 Å². The van der Waals surface area contributed by atoms with E-state index < -0.39 is 0 Å². The van der Waals surface area contributed by atoms with E-state index in [-0.39, 0.29) is 0 Å².